The van der Waals surface area contributed by atoms with Gasteiger partial charge >= 0.3 is 11.9 Å². The number of rotatable bonds is 3. The fraction of sp³-hybridized carbons (Fsp3) is 0.200. The minimum Gasteiger partial charge on any atom is -0.263 e. The van der Waals surface area contributed by atoms with Gasteiger partial charge in [-0.15, -0.1) is 17.9 Å². The van der Waals surface area contributed by atoms with Crippen molar-refractivity contribution in [1.29, 1.82) is 0 Å². The van der Waals surface area contributed by atoms with Gasteiger partial charge in [-0.05, 0) is 12.1 Å². The van der Waals surface area contributed by atoms with Gasteiger partial charge in [0.2, 0.25) is 0 Å². The van der Waals surface area contributed by atoms with Crippen LogP contribution in [0, 0.1) is 24.7 Å². The van der Waals surface area contributed by atoms with Gasteiger partial charge in [-0.25, -0.2) is 9.48 Å². The Hall–Kier alpha value is -2.93. The minimum absolute atomic E-state index is 0.0456. The van der Waals surface area contributed by atoms with Gasteiger partial charge < -0.3 is 0 Å². The van der Waals surface area contributed by atoms with E-state index in [4.69, 9.17) is 12.8 Å². The molecule has 0 radical (unpaired) electrons. The predicted octanol–water partition coefficient (Wildman–Crippen LogP) is 2.00. The number of hydrogen-bond donors (Lipinski definition) is 0. The van der Waals surface area contributed by atoms with Crippen LogP contribution in [0.25, 0.3) is 11.4 Å². The molecular formula is C15H10F3N3O. The summed E-state index contributed by atoms with van der Waals surface area (Å²) in [5.41, 5.74) is -1.27. The van der Waals surface area contributed by atoms with E-state index in [0.717, 1.165) is 21.4 Å². The first-order valence-corrected chi connectivity index (χ1v) is 6.10. The van der Waals surface area contributed by atoms with Crippen molar-refractivity contribution >= 4 is 0 Å². The number of terminal acetylenes is 2. The zero-order chi connectivity index (χ0) is 16.3. The first kappa shape index (κ1) is 15.5. The molecule has 4 nitrogen and oxygen atoms in total. The van der Waals surface area contributed by atoms with Crippen molar-refractivity contribution < 1.29 is 13.2 Å². The molecule has 1 aromatic heterocycles. The van der Waals surface area contributed by atoms with Crippen LogP contribution in [0.1, 0.15) is 5.56 Å². The number of alkyl halides is 3. The van der Waals surface area contributed by atoms with E-state index in [9.17, 15) is 18.0 Å². The Labute approximate surface area is 124 Å². The lowest BCUT2D eigenvalue weighted by Crippen LogP contribution is -2.24. The van der Waals surface area contributed by atoms with Crippen LogP contribution in [0.4, 0.5) is 13.2 Å². The summed E-state index contributed by atoms with van der Waals surface area (Å²) in [5.74, 6) is 4.57. The maximum Gasteiger partial charge on any atom is 0.416 e. The summed E-state index contributed by atoms with van der Waals surface area (Å²) in [6.07, 6.45) is 5.83. The number of aromatic nitrogens is 3. The van der Waals surface area contributed by atoms with E-state index < -0.39 is 17.4 Å². The second kappa shape index (κ2) is 5.82. The molecule has 0 aliphatic heterocycles. The monoisotopic (exact) mass is 305 g/mol. The van der Waals surface area contributed by atoms with Crippen molar-refractivity contribution in [2.24, 2.45) is 0 Å². The van der Waals surface area contributed by atoms with Gasteiger partial charge in [0, 0.05) is 5.56 Å². The van der Waals surface area contributed by atoms with Crippen molar-refractivity contribution in [3.63, 3.8) is 0 Å². The Morgan fingerprint density at radius 2 is 1.86 bits per heavy atom. The largest absolute Gasteiger partial charge is 0.416 e. The van der Waals surface area contributed by atoms with Crippen LogP contribution in [-0.2, 0) is 19.3 Å². The Bertz CT molecular complexity index is 831. The third-order valence-corrected chi connectivity index (χ3v) is 2.86. The van der Waals surface area contributed by atoms with E-state index in [0.29, 0.717) is 0 Å². The Morgan fingerprint density at radius 3 is 2.45 bits per heavy atom. The van der Waals surface area contributed by atoms with Gasteiger partial charge in [0.05, 0.1) is 12.1 Å². The molecular weight excluding hydrogens is 295 g/mol. The molecule has 0 saturated heterocycles. The standard InChI is InChI=1S/C15H10F3N3O/c1-3-8-20-13(19-21(9-4-2)14(20)22)11-6-5-7-12(10-11)15(16,17)18/h1-2,5-7,10H,8-9H2. The highest BCUT2D eigenvalue weighted by Gasteiger charge is 2.31. The molecule has 0 amide bonds. The summed E-state index contributed by atoms with van der Waals surface area (Å²) in [5, 5.41) is 3.97. The molecule has 0 N–H and O–H groups in total. The lowest BCUT2D eigenvalue weighted by Gasteiger charge is -2.08. The van der Waals surface area contributed by atoms with Crippen molar-refractivity contribution in [2.75, 3.05) is 0 Å². The van der Waals surface area contributed by atoms with Gasteiger partial charge in [-0.2, -0.15) is 13.2 Å². The molecule has 0 fully saturated rings. The molecule has 0 bridgehead atoms. The molecule has 0 aliphatic rings. The number of hydrogen-bond acceptors (Lipinski definition) is 2. The van der Waals surface area contributed by atoms with E-state index in [-0.39, 0.29) is 24.5 Å². The third kappa shape index (κ3) is 2.89. The molecule has 0 atom stereocenters. The zero-order valence-corrected chi connectivity index (χ0v) is 11.3. The maximum atomic E-state index is 12.8. The number of benzene rings is 1. The highest BCUT2D eigenvalue weighted by Crippen LogP contribution is 2.31. The van der Waals surface area contributed by atoms with Crippen molar-refractivity contribution in [3.8, 4) is 36.1 Å². The van der Waals surface area contributed by atoms with Gasteiger partial charge in [0.25, 0.3) is 0 Å². The van der Waals surface area contributed by atoms with Crippen LogP contribution in [0.3, 0.4) is 0 Å². The third-order valence-electron chi connectivity index (χ3n) is 2.86. The van der Waals surface area contributed by atoms with Crippen LogP contribution in [0.2, 0.25) is 0 Å². The van der Waals surface area contributed by atoms with E-state index in [1.807, 2.05) is 0 Å². The smallest absolute Gasteiger partial charge is 0.263 e. The Kier molecular flexibility index (Phi) is 4.09. The fourth-order valence-electron chi connectivity index (χ4n) is 1.91. The molecule has 2 aromatic rings. The highest BCUT2D eigenvalue weighted by atomic mass is 19.4. The molecule has 0 aliphatic carbocycles. The summed E-state index contributed by atoms with van der Waals surface area (Å²) in [6.45, 7) is -0.211. The predicted molar refractivity (Wildman–Crippen MR) is 74.6 cm³/mol. The van der Waals surface area contributed by atoms with Crippen LogP contribution >= 0.6 is 0 Å². The molecule has 7 heteroatoms. The van der Waals surface area contributed by atoms with Crippen molar-refractivity contribution in [2.45, 2.75) is 19.3 Å². The Balaban J connectivity index is 2.63. The maximum absolute atomic E-state index is 12.8. The van der Waals surface area contributed by atoms with Gasteiger partial charge in [0.15, 0.2) is 5.82 Å². The van der Waals surface area contributed by atoms with Crippen molar-refractivity contribution in [1.82, 2.24) is 14.3 Å². The Morgan fingerprint density at radius 1 is 1.18 bits per heavy atom. The van der Waals surface area contributed by atoms with E-state index in [1.54, 1.807) is 0 Å². The molecule has 2 rings (SSSR count). The lowest BCUT2D eigenvalue weighted by atomic mass is 10.1. The topological polar surface area (TPSA) is 39.8 Å². The van der Waals surface area contributed by atoms with Crippen LogP contribution in [-0.4, -0.2) is 14.3 Å². The van der Waals surface area contributed by atoms with E-state index in [2.05, 4.69) is 16.9 Å². The molecule has 1 heterocycles. The SMILES string of the molecule is C#CCn1nc(-c2cccc(C(F)(F)F)c2)n(CC#C)c1=O. The first-order valence-electron chi connectivity index (χ1n) is 6.10. The van der Waals surface area contributed by atoms with Crippen LogP contribution in [0.5, 0.6) is 0 Å². The summed E-state index contributed by atoms with van der Waals surface area (Å²) in [7, 11) is 0. The zero-order valence-electron chi connectivity index (χ0n) is 11.3. The molecule has 22 heavy (non-hydrogen) atoms. The molecule has 0 saturated carbocycles. The van der Waals surface area contributed by atoms with Gasteiger partial charge in [-0.3, -0.25) is 4.57 Å². The number of halogens is 3. The molecule has 0 spiro atoms. The fourth-order valence-corrected chi connectivity index (χ4v) is 1.91. The summed E-state index contributed by atoms with van der Waals surface area (Å²) in [6, 6.07) is 4.51. The molecule has 1 aromatic carbocycles. The highest BCUT2D eigenvalue weighted by molar-refractivity contribution is 5.56. The van der Waals surface area contributed by atoms with Gasteiger partial charge in [-0.1, -0.05) is 24.0 Å². The second-order valence-corrected chi connectivity index (χ2v) is 4.34. The molecule has 112 valence electrons. The average Bonchev–Trinajstić information content (AvgIpc) is 2.77. The van der Waals surface area contributed by atoms with Crippen molar-refractivity contribution in [3.05, 3.63) is 40.3 Å². The summed E-state index contributed by atoms with van der Waals surface area (Å²) < 4.78 is 40.4. The lowest BCUT2D eigenvalue weighted by molar-refractivity contribution is -0.137. The first-order chi connectivity index (χ1) is 10.4. The normalized spacial score (nSPS) is 11.0. The molecule has 0 unspecified atom stereocenters. The second-order valence-electron chi connectivity index (χ2n) is 4.34. The van der Waals surface area contributed by atoms with Crippen LogP contribution in [0.15, 0.2) is 29.1 Å². The summed E-state index contributed by atoms with van der Waals surface area (Å²) in [4.78, 5) is 12.1. The van der Waals surface area contributed by atoms with Crippen LogP contribution < -0.4 is 5.69 Å². The number of nitrogens with zero attached hydrogens (tertiary/aromatic N) is 3. The van der Waals surface area contributed by atoms with E-state index >= 15 is 0 Å². The quantitative estimate of drug-likeness (QED) is 0.814. The van der Waals surface area contributed by atoms with E-state index in [1.165, 1.54) is 12.1 Å². The average molecular weight is 305 g/mol. The summed E-state index contributed by atoms with van der Waals surface area (Å²) >= 11 is 0. The van der Waals surface area contributed by atoms with Gasteiger partial charge in [0.1, 0.15) is 6.54 Å². The minimum atomic E-state index is -4.49.